The SMILES string of the molecule is CC(F)(F)c1ccc(F)c(CC(=O)Cc2ccc(Oc3ccnc(NC(=O)C4CC4)c3)cc2)c1. The molecule has 8 heteroatoms. The Morgan fingerprint density at radius 2 is 1.76 bits per heavy atom. The van der Waals surface area contributed by atoms with Crippen molar-refractivity contribution in [3.8, 4) is 11.5 Å². The van der Waals surface area contributed by atoms with Crippen molar-refractivity contribution in [3.63, 3.8) is 0 Å². The smallest absolute Gasteiger partial charge is 0.270 e. The van der Waals surface area contributed by atoms with E-state index in [4.69, 9.17) is 4.74 Å². The van der Waals surface area contributed by atoms with Crippen LogP contribution in [0.1, 0.15) is 36.5 Å². The van der Waals surface area contributed by atoms with Crippen LogP contribution in [0.3, 0.4) is 0 Å². The number of rotatable bonds is 9. The summed E-state index contributed by atoms with van der Waals surface area (Å²) < 4.78 is 46.8. The third-order valence-electron chi connectivity index (χ3n) is 5.43. The van der Waals surface area contributed by atoms with Gasteiger partial charge < -0.3 is 10.1 Å². The molecule has 0 spiro atoms. The van der Waals surface area contributed by atoms with E-state index in [9.17, 15) is 22.8 Å². The highest BCUT2D eigenvalue weighted by Gasteiger charge is 2.30. The van der Waals surface area contributed by atoms with Gasteiger partial charge in [0.2, 0.25) is 5.91 Å². The Balaban J connectivity index is 1.35. The minimum atomic E-state index is -3.11. The van der Waals surface area contributed by atoms with Crippen LogP contribution in [0.5, 0.6) is 11.5 Å². The quantitative estimate of drug-likeness (QED) is 0.429. The first-order valence-corrected chi connectivity index (χ1v) is 10.9. The standard InChI is InChI=1S/C26H23F3N2O3/c1-26(28,29)19-6-9-23(27)18(13-19)14-20(32)12-16-2-7-21(8-3-16)34-22-10-11-30-24(15-22)31-25(33)17-4-5-17/h2-3,6-11,13,15,17H,4-5,12,14H2,1H3,(H,30,31,33). The third-order valence-corrected chi connectivity index (χ3v) is 5.43. The summed E-state index contributed by atoms with van der Waals surface area (Å²) in [5.41, 5.74) is 0.303. The molecule has 1 N–H and O–H groups in total. The fourth-order valence-electron chi connectivity index (χ4n) is 3.41. The van der Waals surface area contributed by atoms with E-state index in [2.05, 4.69) is 10.3 Å². The van der Waals surface area contributed by atoms with Crippen LogP contribution >= 0.6 is 0 Å². The minimum absolute atomic E-state index is 0.0269. The van der Waals surface area contributed by atoms with Crippen molar-refractivity contribution in [1.29, 1.82) is 0 Å². The molecule has 3 aromatic rings. The normalized spacial score (nSPS) is 13.4. The van der Waals surface area contributed by atoms with Crippen molar-refractivity contribution in [2.24, 2.45) is 5.92 Å². The number of carbonyl (C=O) groups excluding carboxylic acids is 2. The van der Waals surface area contributed by atoms with Crippen LogP contribution < -0.4 is 10.1 Å². The lowest BCUT2D eigenvalue weighted by molar-refractivity contribution is -0.118. The minimum Gasteiger partial charge on any atom is -0.457 e. The first-order chi connectivity index (χ1) is 16.2. The zero-order chi connectivity index (χ0) is 24.3. The maximum absolute atomic E-state index is 14.0. The van der Waals surface area contributed by atoms with Gasteiger partial charge in [0, 0.05) is 43.5 Å². The number of nitrogens with zero attached hydrogens (tertiary/aromatic N) is 1. The zero-order valence-electron chi connectivity index (χ0n) is 18.5. The average molecular weight is 468 g/mol. The van der Waals surface area contributed by atoms with Crippen molar-refractivity contribution in [3.05, 3.63) is 83.3 Å². The number of hydrogen-bond acceptors (Lipinski definition) is 4. The number of anilines is 1. The number of carbonyl (C=O) groups is 2. The Morgan fingerprint density at radius 3 is 2.44 bits per heavy atom. The third kappa shape index (κ3) is 6.21. The van der Waals surface area contributed by atoms with E-state index in [1.165, 1.54) is 6.20 Å². The number of benzene rings is 2. The predicted molar refractivity (Wildman–Crippen MR) is 120 cm³/mol. The van der Waals surface area contributed by atoms with Crippen molar-refractivity contribution in [1.82, 2.24) is 4.98 Å². The predicted octanol–water partition coefficient (Wildman–Crippen LogP) is 5.83. The maximum Gasteiger partial charge on any atom is 0.270 e. The largest absolute Gasteiger partial charge is 0.457 e. The van der Waals surface area contributed by atoms with Gasteiger partial charge in [-0.05, 0) is 54.3 Å². The number of ether oxygens (including phenoxy) is 1. The molecule has 5 nitrogen and oxygen atoms in total. The second kappa shape index (κ2) is 9.67. The molecule has 176 valence electrons. The fourth-order valence-corrected chi connectivity index (χ4v) is 3.41. The zero-order valence-corrected chi connectivity index (χ0v) is 18.5. The highest BCUT2D eigenvalue weighted by atomic mass is 19.3. The van der Waals surface area contributed by atoms with Gasteiger partial charge in [-0.15, -0.1) is 0 Å². The summed E-state index contributed by atoms with van der Waals surface area (Å²) in [5, 5.41) is 2.76. The second-order valence-corrected chi connectivity index (χ2v) is 8.47. The highest BCUT2D eigenvalue weighted by Crippen LogP contribution is 2.31. The summed E-state index contributed by atoms with van der Waals surface area (Å²) in [7, 11) is 0. The molecule has 34 heavy (non-hydrogen) atoms. The summed E-state index contributed by atoms with van der Waals surface area (Å²) in [6.45, 7) is 0.729. The van der Waals surface area contributed by atoms with E-state index in [0.717, 1.165) is 38.0 Å². The van der Waals surface area contributed by atoms with E-state index in [0.29, 0.717) is 22.9 Å². The lowest BCUT2D eigenvalue weighted by atomic mass is 9.99. The van der Waals surface area contributed by atoms with Crippen LogP contribution in [0.25, 0.3) is 0 Å². The summed E-state index contributed by atoms with van der Waals surface area (Å²) in [5.74, 6) is -2.65. The molecular weight excluding hydrogens is 445 g/mol. The van der Waals surface area contributed by atoms with Gasteiger partial charge in [0.05, 0.1) is 0 Å². The van der Waals surface area contributed by atoms with Gasteiger partial charge in [0.15, 0.2) is 0 Å². The lowest BCUT2D eigenvalue weighted by Gasteiger charge is -2.12. The molecule has 0 bridgehead atoms. The monoisotopic (exact) mass is 468 g/mol. The first kappa shape index (κ1) is 23.5. The number of ketones is 1. The van der Waals surface area contributed by atoms with Gasteiger partial charge in [-0.25, -0.2) is 18.2 Å². The van der Waals surface area contributed by atoms with Gasteiger partial charge in [-0.1, -0.05) is 18.2 Å². The summed E-state index contributed by atoms with van der Waals surface area (Å²) in [6.07, 6.45) is 3.08. The summed E-state index contributed by atoms with van der Waals surface area (Å²) >= 11 is 0. The molecule has 1 amide bonds. The first-order valence-electron chi connectivity index (χ1n) is 10.9. The summed E-state index contributed by atoms with van der Waals surface area (Å²) in [4.78, 5) is 28.4. The topological polar surface area (TPSA) is 68.3 Å². The molecule has 0 aliphatic heterocycles. The van der Waals surface area contributed by atoms with Crippen LogP contribution in [0, 0.1) is 11.7 Å². The van der Waals surface area contributed by atoms with Gasteiger partial charge in [0.25, 0.3) is 5.92 Å². The number of aromatic nitrogens is 1. The molecule has 0 saturated heterocycles. The number of nitrogens with one attached hydrogen (secondary N) is 1. The van der Waals surface area contributed by atoms with E-state index < -0.39 is 11.7 Å². The van der Waals surface area contributed by atoms with E-state index in [-0.39, 0.29) is 41.6 Å². The average Bonchev–Trinajstić information content (AvgIpc) is 3.62. The van der Waals surface area contributed by atoms with Gasteiger partial charge in [0.1, 0.15) is 28.9 Å². The van der Waals surface area contributed by atoms with Crippen LogP contribution in [0.15, 0.2) is 60.8 Å². The van der Waals surface area contributed by atoms with E-state index in [1.54, 1.807) is 36.4 Å². The van der Waals surface area contributed by atoms with Crippen LogP contribution in [0.4, 0.5) is 19.0 Å². The van der Waals surface area contributed by atoms with Crippen molar-refractivity contribution < 1.29 is 27.5 Å². The Labute approximate surface area is 195 Å². The van der Waals surface area contributed by atoms with E-state index >= 15 is 0 Å². The number of alkyl halides is 2. The van der Waals surface area contributed by atoms with Gasteiger partial charge in [-0.3, -0.25) is 9.59 Å². The Morgan fingerprint density at radius 1 is 1.03 bits per heavy atom. The molecular formula is C26H23F3N2O3. The van der Waals surface area contributed by atoms with Crippen LogP contribution in [-0.2, 0) is 28.4 Å². The molecule has 0 atom stereocenters. The fraction of sp³-hybridized carbons (Fsp3) is 0.269. The van der Waals surface area contributed by atoms with Gasteiger partial charge in [-0.2, -0.15) is 0 Å². The van der Waals surface area contributed by atoms with Crippen LogP contribution in [-0.4, -0.2) is 16.7 Å². The lowest BCUT2D eigenvalue weighted by Crippen LogP contribution is -2.14. The van der Waals surface area contributed by atoms with Crippen molar-refractivity contribution in [2.45, 2.75) is 38.5 Å². The van der Waals surface area contributed by atoms with Gasteiger partial charge >= 0.3 is 0 Å². The number of hydrogen-bond donors (Lipinski definition) is 1. The van der Waals surface area contributed by atoms with E-state index in [1.807, 2.05) is 0 Å². The number of pyridine rings is 1. The number of halogens is 3. The molecule has 4 rings (SSSR count). The van der Waals surface area contributed by atoms with Crippen LogP contribution in [0.2, 0.25) is 0 Å². The number of Topliss-reactive ketones (excluding diaryl/α,β-unsaturated/α-hetero) is 1. The summed E-state index contributed by atoms with van der Waals surface area (Å²) in [6, 6.07) is 13.1. The molecule has 0 unspecified atom stereocenters. The molecule has 1 heterocycles. The second-order valence-electron chi connectivity index (χ2n) is 8.47. The molecule has 2 aromatic carbocycles. The maximum atomic E-state index is 14.0. The van der Waals surface area contributed by atoms with Crippen molar-refractivity contribution in [2.75, 3.05) is 5.32 Å². The number of amides is 1. The molecule has 1 saturated carbocycles. The molecule has 1 aromatic heterocycles. The Kier molecular flexibility index (Phi) is 6.68. The molecule has 1 aliphatic carbocycles. The van der Waals surface area contributed by atoms with Crippen molar-refractivity contribution >= 4 is 17.5 Å². The molecule has 0 radical (unpaired) electrons. The highest BCUT2D eigenvalue weighted by molar-refractivity contribution is 5.93. The molecule has 1 fully saturated rings. The Bertz CT molecular complexity index is 1200. The molecule has 1 aliphatic rings. The Hall–Kier alpha value is -3.68.